The Balaban J connectivity index is 1.70. The molecule has 0 aromatic heterocycles. The lowest BCUT2D eigenvalue weighted by atomic mass is 9.84. The predicted molar refractivity (Wildman–Crippen MR) is 118 cm³/mol. The minimum absolute atomic E-state index is 0.0233. The van der Waals surface area contributed by atoms with Gasteiger partial charge < -0.3 is 0 Å². The molecule has 0 saturated carbocycles. The van der Waals surface area contributed by atoms with E-state index in [4.69, 9.17) is 11.6 Å². The highest BCUT2D eigenvalue weighted by Gasteiger charge is 2.26. The number of carbonyl (C=O) groups is 1. The molecule has 0 spiro atoms. The van der Waals surface area contributed by atoms with E-state index in [1.807, 2.05) is 6.08 Å². The van der Waals surface area contributed by atoms with Crippen LogP contribution in [0.2, 0.25) is 0 Å². The summed E-state index contributed by atoms with van der Waals surface area (Å²) in [5.74, 6) is -0.312. The van der Waals surface area contributed by atoms with Crippen molar-refractivity contribution in [2.75, 3.05) is 0 Å². The molecule has 0 N–H and O–H groups in total. The average molecular weight is 379 g/mol. The number of rotatable bonds is 0. The Labute approximate surface area is 166 Å². The fraction of sp³-hybridized carbons (Fsp3) is 0.0385. The van der Waals surface area contributed by atoms with Crippen LogP contribution in [0.15, 0.2) is 83.4 Å². The van der Waals surface area contributed by atoms with Crippen LogP contribution in [-0.4, -0.2) is 5.78 Å². The van der Waals surface area contributed by atoms with E-state index in [9.17, 15) is 4.79 Å². The van der Waals surface area contributed by atoms with Gasteiger partial charge in [-0.05, 0) is 78.7 Å². The molecule has 0 bridgehead atoms. The van der Waals surface area contributed by atoms with Crippen LogP contribution in [-0.2, 0) is 4.79 Å². The molecule has 2 aliphatic carbocycles. The second-order valence-corrected chi connectivity index (χ2v) is 7.93. The summed E-state index contributed by atoms with van der Waals surface area (Å²) in [6.45, 7) is 0. The van der Waals surface area contributed by atoms with Gasteiger partial charge in [-0.25, -0.2) is 0 Å². The zero-order chi connectivity index (χ0) is 18.8. The number of fused-ring (bicyclic) bond motifs is 6. The van der Waals surface area contributed by atoms with Crippen molar-refractivity contribution in [3.63, 3.8) is 0 Å². The molecule has 132 valence electrons. The SMILES string of the molecule is O=C1C(Cl)=CC=C2C=c3ccc4cc5cc6ccccc6cc5cc4c3=CC12. The molecule has 4 aromatic carbocycles. The normalized spacial score (nSPS) is 18.2. The van der Waals surface area contributed by atoms with E-state index in [2.05, 4.69) is 72.8 Å². The summed E-state index contributed by atoms with van der Waals surface area (Å²) in [5.41, 5.74) is 1.01. The van der Waals surface area contributed by atoms with Gasteiger partial charge in [-0.15, -0.1) is 0 Å². The van der Waals surface area contributed by atoms with Crippen molar-refractivity contribution in [2.24, 2.45) is 5.92 Å². The Morgan fingerprint density at radius 1 is 0.750 bits per heavy atom. The first kappa shape index (κ1) is 15.9. The van der Waals surface area contributed by atoms with Crippen LogP contribution in [0.3, 0.4) is 0 Å². The number of halogens is 1. The maximum absolute atomic E-state index is 12.6. The summed E-state index contributed by atoms with van der Waals surface area (Å²) in [6, 6.07) is 21.7. The van der Waals surface area contributed by atoms with Gasteiger partial charge >= 0.3 is 0 Å². The molecule has 4 aromatic rings. The van der Waals surface area contributed by atoms with Crippen LogP contribution in [0.25, 0.3) is 44.5 Å². The van der Waals surface area contributed by atoms with Gasteiger partial charge in [0.15, 0.2) is 5.78 Å². The van der Waals surface area contributed by atoms with Crippen LogP contribution in [0, 0.1) is 5.92 Å². The Morgan fingerprint density at radius 2 is 1.46 bits per heavy atom. The molecule has 0 amide bonds. The van der Waals surface area contributed by atoms with Gasteiger partial charge in [0.05, 0.1) is 11.0 Å². The fourth-order valence-electron chi connectivity index (χ4n) is 4.43. The smallest absolute Gasteiger partial charge is 0.185 e. The summed E-state index contributed by atoms with van der Waals surface area (Å²) < 4.78 is 0. The monoisotopic (exact) mass is 378 g/mol. The van der Waals surface area contributed by atoms with Crippen molar-refractivity contribution in [1.82, 2.24) is 0 Å². The topological polar surface area (TPSA) is 17.1 Å². The molecule has 2 heteroatoms. The molecule has 0 heterocycles. The predicted octanol–water partition coefficient (Wildman–Crippen LogP) is 4.97. The van der Waals surface area contributed by atoms with Crippen molar-refractivity contribution in [2.45, 2.75) is 0 Å². The molecule has 1 nitrogen and oxygen atoms in total. The molecule has 0 saturated heterocycles. The molecule has 1 atom stereocenters. The third-order valence-corrected chi connectivity index (χ3v) is 6.18. The van der Waals surface area contributed by atoms with Crippen molar-refractivity contribution in [3.05, 3.63) is 93.9 Å². The molecule has 0 radical (unpaired) electrons. The number of ketones is 1. The van der Waals surface area contributed by atoms with Crippen LogP contribution in [0.4, 0.5) is 0 Å². The lowest BCUT2D eigenvalue weighted by Gasteiger charge is -2.20. The molecular weight excluding hydrogens is 364 g/mol. The van der Waals surface area contributed by atoms with Gasteiger partial charge in [0.2, 0.25) is 0 Å². The van der Waals surface area contributed by atoms with Crippen LogP contribution >= 0.6 is 11.6 Å². The van der Waals surface area contributed by atoms with E-state index in [-0.39, 0.29) is 11.7 Å². The number of hydrogen-bond donors (Lipinski definition) is 0. The van der Waals surface area contributed by atoms with Crippen LogP contribution < -0.4 is 10.4 Å². The lowest BCUT2D eigenvalue weighted by Crippen LogP contribution is -2.33. The fourth-order valence-corrected chi connectivity index (χ4v) is 4.61. The average Bonchev–Trinajstić information content (AvgIpc) is 2.72. The molecule has 2 aliphatic rings. The van der Waals surface area contributed by atoms with E-state index in [1.54, 1.807) is 6.08 Å². The minimum Gasteiger partial charge on any atom is -0.292 e. The third-order valence-electron chi connectivity index (χ3n) is 5.87. The maximum Gasteiger partial charge on any atom is 0.185 e. The van der Waals surface area contributed by atoms with Crippen molar-refractivity contribution in [3.8, 4) is 0 Å². The molecule has 0 fully saturated rings. The van der Waals surface area contributed by atoms with Gasteiger partial charge in [-0.2, -0.15) is 0 Å². The van der Waals surface area contributed by atoms with Crippen LogP contribution in [0.5, 0.6) is 0 Å². The van der Waals surface area contributed by atoms with E-state index in [0.717, 1.165) is 16.0 Å². The highest BCUT2D eigenvalue weighted by molar-refractivity contribution is 6.44. The number of Topliss-reactive ketones (excluding diaryl/α,β-unsaturated/α-hetero) is 1. The van der Waals surface area contributed by atoms with E-state index < -0.39 is 0 Å². The number of benzene rings is 4. The number of allylic oxidation sites excluding steroid dienone is 4. The first-order valence-corrected chi connectivity index (χ1v) is 9.76. The van der Waals surface area contributed by atoms with Crippen molar-refractivity contribution in [1.29, 1.82) is 0 Å². The van der Waals surface area contributed by atoms with Crippen molar-refractivity contribution < 1.29 is 4.79 Å². The Hall–Kier alpha value is -3.16. The third kappa shape index (κ3) is 2.23. The summed E-state index contributed by atoms with van der Waals surface area (Å²) in [7, 11) is 0. The Bertz CT molecular complexity index is 1540. The molecular formula is C26H15ClO. The summed E-state index contributed by atoms with van der Waals surface area (Å²) in [5, 5.41) is 9.85. The lowest BCUT2D eigenvalue weighted by molar-refractivity contribution is -0.116. The van der Waals surface area contributed by atoms with E-state index in [0.29, 0.717) is 5.03 Å². The summed E-state index contributed by atoms with van der Waals surface area (Å²) >= 11 is 6.10. The molecule has 6 rings (SSSR count). The van der Waals surface area contributed by atoms with Gasteiger partial charge in [-0.3, -0.25) is 4.79 Å². The van der Waals surface area contributed by atoms with E-state index in [1.165, 1.54) is 32.3 Å². The highest BCUT2D eigenvalue weighted by atomic mass is 35.5. The molecule has 1 unspecified atom stereocenters. The van der Waals surface area contributed by atoms with Gasteiger partial charge in [0.25, 0.3) is 0 Å². The van der Waals surface area contributed by atoms with Crippen LogP contribution in [0.1, 0.15) is 0 Å². The van der Waals surface area contributed by atoms with Gasteiger partial charge in [0.1, 0.15) is 0 Å². The molecule has 0 aliphatic heterocycles. The highest BCUT2D eigenvalue weighted by Crippen LogP contribution is 2.29. The molecule has 28 heavy (non-hydrogen) atoms. The second-order valence-electron chi connectivity index (χ2n) is 7.52. The number of hydrogen-bond acceptors (Lipinski definition) is 1. The Morgan fingerprint density at radius 3 is 2.25 bits per heavy atom. The largest absolute Gasteiger partial charge is 0.292 e. The summed E-state index contributed by atoms with van der Waals surface area (Å²) in [4.78, 5) is 12.6. The Kier molecular flexibility index (Phi) is 3.21. The summed E-state index contributed by atoms with van der Waals surface area (Å²) in [6.07, 6.45) is 7.84. The first-order chi connectivity index (χ1) is 13.7. The van der Waals surface area contributed by atoms with Gasteiger partial charge in [0, 0.05) is 0 Å². The van der Waals surface area contributed by atoms with Gasteiger partial charge in [-0.1, -0.05) is 66.2 Å². The second kappa shape index (κ2) is 5.67. The maximum atomic E-state index is 12.6. The minimum atomic E-state index is -0.289. The zero-order valence-electron chi connectivity index (χ0n) is 14.9. The zero-order valence-corrected chi connectivity index (χ0v) is 15.7. The van der Waals surface area contributed by atoms with E-state index >= 15 is 0 Å². The van der Waals surface area contributed by atoms with Crippen molar-refractivity contribution >= 4 is 61.9 Å². The standard InChI is InChI=1S/C26H15ClO/c27-25-8-7-19-11-17-5-6-18-12-20-9-15-3-1-2-4-16(15)10-21(20)13-22(18)23(17)14-24(19)26(25)28/h1-14,24H. The quantitative estimate of drug-likeness (QED) is 0.395. The number of carbonyl (C=O) groups excluding carboxylic acids is 1. The first-order valence-electron chi connectivity index (χ1n) is 9.38.